The van der Waals surface area contributed by atoms with E-state index in [1.165, 1.54) is 0 Å². The van der Waals surface area contributed by atoms with E-state index in [4.69, 9.17) is 10.5 Å². The molecule has 0 atom stereocenters. The van der Waals surface area contributed by atoms with Crippen LogP contribution in [0.25, 0.3) is 0 Å². The lowest BCUT2D eigenvalue weighted by molar-refractivity contribution is 0.0997. The molecule has 0 aliphatic rings. The van der Waals surface area contributed by atoms with Gasteiger partial charge in [0.05, 0.1) is 5.56 Å². The predicted octanol–water partition coefficient (Wildman–Crippen LogP) is 2.11. The van der Waals surface area contributed by atoms with Crippen molar-refractivity contribution in [2.45, 2.75) is 0 Å². The van der Waals surface area contributed by atoms with Crippen molar-refractivity contribution in [3.63, 3.8) is 0 Å². The van der Waals surface area contributed by atoms with Gasteiger partial charge in [0, 0.05) is 4.47 Å². The van der Waals surface area contributed by atoms with Gasteiger partial charge >= 0.3 is 0 Å². The number of carbonyl (C=O) groups excluding carboxylic acids is 1. The summed E-state index contributed by atoms with van der Waals surface area (Å²) in [7, 11) is 0. The molecule has 0 unspecified atom stereocenters. The van der Waals surface area contributed by atoms with Crippen molar-refractivity contribution in [1.82, 2.24) is 0 Å². The molecule has 0 aliphatic heterocycles. The summed E-state index contributed by atoms with van der Waals surface area (Å²) in [6.07, 6.45) is 1.60. The Morgan fingerprint density at radius 3 is 2.93 bits per heavy atom. The average molecular weight is 256 g/mol. The average Bonchev–Trinajstić information content (AvgIpc) is 2.15. The van der Waals surface area contributed by atoms with Crippen molar-refractivity contribution in [3.8, 4) is 5.75 Å². The van der Waals surface area contributed by atoms with Gasteiger partial charge in [0.25, 0.3) is 5.91 Å². The van der Waals surface area contributed by atoms with Crippen LogP contribution in [-0.2, 0) is 0 Å². The van der Waals surface area contributed by atoms with Gasteiger partial charge in [0.15, 0.2) is 0 Å². The Bertz CT molecular complexity index is 363. The first kappa shape index (κ1) is 10.8. The largest absolute Gasteiger partial charge is 0.489 e. The minimum Gasteiger partial charge on any atom is -0.489 e. The van der Waals surface area contributed by atoms with E-state index in [2.05, 4.69) is 22.5 Å². The summed E-state index contributed by atoms with van der Waals surface area (Å²) in [5.41, 5.74) is 5.55. The quantitative estimate of drug-likeness (QED) is 0.839. The smallest absolute Gasteiger partial charge is 0.252 e. The normalized spacial score (nSPS) is 9.50. The van der Waals surface area contributed by atoms with Gasteiger partial charge in [0.1, 0.15) is 12.4 Å². The van der Waals surface area contributed by atoms with Crippen LogP contribution >= 0.6 is 15.9 Å². The van der Waals surface area contributed by atoms with E-state index in [1.54, 1.807) is 24.3 Å². The molecule has 0 heterocycles. The number of carbonyl (C=O) groups is 1. The third kappa shape index (κ3) is 2.60. The SMILES string of the molecule is C=CCOc1ccc(Br)cc1C(N)=O. The van der Waals surface area contributed by atoms with Crippen LogP contribution in [0.15, 0.2) is 35.3 Å². The van der Waals surface area contributed by atoms with Crippen molar-refractivity contribution in [1.29, 1.82) is 0 Å². The molecule has 3 nitrogen and oxygen atoms in total. The van der Waals surface area contributed by atoms with E-state index >= 15 is 0 Å². The maximum Gasteiger partial charge on any atom is 0.252 e. The molecule has 1 rings (SSSR count). The third-order valence-corrected chi connectivity index (χ3v) is 2.06. The van der Waals surface area contributed by atoms with Gasteiger partial charge in [-0.25, -0.2) is 0 Å². The predicted molar refractivity (Wildman–Crippen MR) is 58.4 cm³/mol. The second kappa shape index (κ2) is 4.81. The van der Waals surface area contributed by atoms with Crippen LogP contribution in [0, 0.1) is 0 Å². The fourth-order valence-electron chi connectivity index (χ4n) is 0.969. The van der Waals surface area contributed by atoms with Crippen LogP contribution in [0.5, 0.6) is 5.75 Å². The van der Waals surface area contributed by atoms with Gasteiger partial charge in [-0.05, 0) is 18.2 Å². The van der Waals surface area contributed by atoms with Crippen LogP contribution in [0.1, 0.15) is 10.4 Å². The molecule has 2 N–H and O–H groups in total. The number of hydrogen-bond donors (Lipinski definition) is 1. The number of nitrogens with two attached hydrogens (primary N) is 1. The van der Waals surface area contributed by atoms with Gasteiger partial charge in [0.2, 0.25) is 0 Å². The lowest BCUT2D eigenvalue weighted by Crippen LogP contribution is -2.13. The lowest BCUT2D eigenvalue weighted by atomic mass is 10.2. The standard InChI is InChI=1S/C10H10BrNO2/c1-2-5-14-9-4-3-7(11)6-8(9)10(12)13/h2-4,6H,1,5H2,(H2,12,13). The molecule has 74 valence electrons. The minimum absolute atomic E-state index is 0.349. The second-order valence-electron chi connectivity index (χ2n) is 2.60. The van der Waals surface area contributed by atoms with Crippen molar-refractivity contribution >= 4 is 21.8 Å². The highest BCUT2D eigenvalue weighted by molar-refractivity contribution is 9.10. The van der Waals surface area contributed by atoms with Crippen LogP contribution in [0.2, 0.25) is 0 Å². The number of rotatable bonds is 4. The van der Waals surface area contributed by atoms with Gasteiger partial charge in [-0.2, -0.15) is 0 Å². The highest BCUT2D eigenvalue weighted by Crippen LogP contribution is 2.22. The molecular weight excluding hydrogens is 246 g/mol. The van der Waals surface area contributed by atoms with E-state index in [1.807, 2.05) is 0 Å². The summed E-state index contributed by atoms with van der Waals surface area (Å²) >= 11 is 3.25. The molecule has 0 saturated heterocycles. The summed E-state index contributed by atoms with van der Waals surface area (Å²) in [6.45, 7) is 3.87. The molecule has 0 spiro atoms. The number of primary amides is 1. The van der Waals surface area contributed by atoms with Crippen LogP contribution in [0.4, 0.5) is 0 Å². The summed E-state index contributed by atoms with van der Waals surface area (Å²) < 4.78 is 6.05. The molecule has 1 aromatic rings. The monoisotopic (exact) mass is 255 g/mol. The minimum atomic E-state index is -0.509. The highest BCUT2D eigenvalue weighted by atomic mass is 79.9. The Hall–Kier alpha value is -1.29. The topological polar surface area (TPSA) is 52.3 Å². The maximum atomic E-state index is 11.0. The number of hydrogen-bond acceptors (Lipinski definition) is 2. The van der Waals surface area contributed by atoms with E-state index in [0.717, 1.165) is 4.47 Å². The number of amides is 1. The fraction of sp³-hybridized carbons (Fsp3) is 0.100. The lowest BCUT2D eigenvalue weighted by Gasteiger charge is -2.07. The Balaban J connectivity index is 3.01. The van der Waals surface area contributed by atoms with Crippen molar-refractivity contribution in [3.05, 3.63) is 40.9 Å². The van der Waals surface area contributed by atoms with Crippen molar-refractivity contribution in [2.75, 3.05) is 6.61 Å². The first-order valence-electron chi connectivity index (χ1n) is 3.98. The summed E-state index contributed by atoms with van der Waals surface area (Å²) in [5.74, 6) is -0.0361. The van der Waals surface area contributed by atoms with Gasteiger partial charge in [-0.1, -0.05) is 28.6 Å². The first-order valence-corrected chi connectivity index (χ1v) is 4.77. The number of benzene rings is 1. The summed E-state index contributed by atoms with van der Waals surface area (Å²) in [5, 5.41) is 0. The van der Waals surface area contributed by atoms with E-state index in [9.17, 15) is 4.79 Å². The van der Waals surface area contributed by atoms with E-state index < -0.39 is 5.91 Å². The summed E-state index contributed by atoms with van der Waals surface area (Å²) in [4.78, 5) is 11.0. The Labute approximate surface area is 90.7 Å². The molecule has 0 radical (unpaired) electrons. The van der Waals surface area contributed by atoms with E-state index in [-0.39, 0.29) is 0 Å². The molecule has 1 aromatic carbocycles. The molecular formula is C10H10BrNO2. The molecule has 0 fully saturated rings. The third-order valence-electron chi connectivity index (χ3n) is 1.56. The van der Waals surface area contributed by atoms with Gasteiger partial charge in [-0.3, -0.25) is 4.79 Å². The second-order valence-corrected chi connectivity index (χ2v) is 3.52. The summed E-state index contributed by atoms with van der Waals surface area (Å²) in [6, 6.07) is 5.10. The number of halogens is 1. The van der Waals surface area contributed by atoms with Crippen LogP contribution < -0.4 is 10.5 Å². The Morgan fingerprint density at radius 1 is 1.64 bits per heavy atom. The Kier molecular flexibility index (Phi) is 3.71. The molecule has 14 heavy (non-hydrogen) atoms. The maximum absolute atomic E-state index is 11.0. The van der Waals surface area contributed by atoms with E-state index in [0.29, 0.717) is 17.9 Å². The zero-order valence-corrected chi connectivity index (χ0v) is 9.08. The first-order chi connectivity index (χ1) is 6.65. The molecule has 0 saturated carbocycles. The van der Waals surface area contributed by atoms with Crippen molar-refractivity contribution < 1.29 is 9.53 Å². The number of ether oxygens (including phenoxy) is 1. The molecule has 1 amide bonds. The van der Waals surface area contributed by atoms with Crippen LogP contribution in [-0.4, -0.2) is 12.5 Å². The Morgan fingerprint density at radius 2 is 2.36 bits per heavy atom. The van der Waals surface area contributed by atoms with Crippen LogP contribution in [0.3, 0.4) is 0 Å². The van der Waals surface area contributed by atoms with Gasteiger partial charge < -0.3 is 10.5 Å². The highest BCUT2D eigenvalue weighted by Gasteiger charge is 2.09. The molecule has 0 aromatic heterocycles. The molecule has 0 bridgehead atoms. The van der Waals surface area contributed by atoms with Crippen molar-refractivity contribution in [2.24, 2.45) is 5.73 Å². The molecule has 0 aliphatic carbocycles. The molecule has 4 heteroatoms. The fourth-order valence-corrected chi connectivity index (χ4v) is 1.33. The zero-order valence-electron chi connectivity index (χ0n) is 7.50. The zero-order chi connectivity index (χ0) is 10.6. The van der Waals surface area contributed by atoms with Gasteiger partial charge in [-0.15, -0.1) is 0 Å².